The topological polar surface area (TPSA) is 38.4 Å². The van der Waals surface area contributed by atoms with Gasteiger partial charge in [0.05, 0.1) is 0 Å². The lowest BCUT2D eigenvalue weighted by atomic mass is 9.99. The summed E-state index contributed by atoms with van der Waals surface area (Å²) in [6.07, 6.45) is 1.03. The zero-order valence-corrected chi connectivity index (χ0v) is 7.17. The molecule has 0 amide bonds. The third-order valence-corrected chi connectivity index (χ3v) is 2.20. The highest BCUT2D eigenvalue weighted by Gasteiger charge is 2.10. The van der Waals surface area contributed by atoms with Crippen LogP contribution in [0.25, 0.3) is 0 Å². The van der Waals surface area contributed by atoms with Crippen LogP contribution in [0.1, 0.15) is 16.7 Å². The zero-order valence-electron chi connectivity index (χ0n) is 7.17. The number of amidine groups is 1. The molecule has 1 heterocycles. The number of rotatable bonds is 0. The second kappa shape index (κ2) is 2.63. The Labute approximate surface area is 72.1 Å². The van der Waals surface area contributed by atoms with E-state index in [2.05, 4.69) is 30.1 Å². The molecule has 1 aliphatic heterocycles. The van der Waals surface area contributed by atoms with Gasteiger partial charge in [0.25, 0.3) is 0 Å². The zero-order chi connectivity index (χ0) is 8.55. The Kier molecular flexibility index (Phi) is 1.61. The van der Waals surface area contributed by atoms with Gasteiger partial charge in [0.1, 0.15) is 5.84 Å². The summed E-state index contributed by atoms with van der Waals surface area (Å²) in [6.45, 7) is 2.94. The summed E-state index contributed by atoms with van der Waals surface area (Å²) in [5.41, 5.74) is 9.49. The fourth-order valence-corrected chi connectivity index (χ4v) is 1.56. The summed E-state index contributed by atoms with van der Waals surface area (Å²) in [5, 5.41) is 0. The van der Waals surface area contributed by atoms with E-state index in [1.165, 1.54) is 11.1 Å². The van der Waals surface area contributed by atoms with Crippen molar-refractivity contribution in [3.8, 4) is 0 Å². The molecular formula is C10H12N2. The van der Waals surface area contributed by atoms with E-state index in [-0.39, 0.29) is 0 Å². The largest absolute Gasteiger partial charge is 0.383 e. The second-order valence-electron chi connectivity index (χ2n) is 3.18. The van der Waals surface area contributed by atoms with Gasteiger partial charge < -0.3 is 5.73 Å². The van der Waals surface area contributed by atoms with Gasteiger partial charge in [0, 0.05) is 12.1 Å². The van der Waals surface area contributed by atoms with Gasteiger partial charge in [-0.25, -0.2) is 0 Å². The molecule has 2 N–H and O–H groups in total. The van der Waals surface area contributed by atoms with E-state index in [4.69, 9.17) is 5.73 Å². The van der Waals surface area contributed by atoms with Gasteiger partial charge in [0.2, 0.25) is 0 Å². The van der Waals surface area contributed by atoms with Crippen LogP contribution in [0, 0.1) is 6.92 Å². The monoisotopic (exact) mass is 160 g/mol. The first-order chi connectivity index (χ1) is 5.77. The number of hydrogen-bond acceptors (Lipinski definition) is 2. The molecule has 2 rings (SSSR count). The SMILES string of the molecule is Cc1ccc2c(c1)CCN=C2N. The Morgan fingerprint density at radius 2 is 2.25 bits per heavy atom. The summed E-state index contributed by atoms with van der Waals surface area (Å²) in [7, 11) is 0. The lowest BCUT2D eigenvalue weighted by molar-refractivity contribution is 0.937. The Hall–Kier alpha value is -1.31. The van der Waals surface area contributed by atoms with E-state index < -0.39 is 0 Å². The van der Waals surface area contributed by atoms with Crippen LogP contribution in [0.4, 0.5) is 0 Å². The number of aliphatic imine (C=N–C) groups is 1. The maximum absolute atomic E-state index is 5.75. The average Bonchev–Trinajstić information content (AvgIpc) is 2.04. The van der Waals surface area contributed by atoms with Crippen molar-refractivity contribution in [2.45, 2.75) is 13.3 Å². The van der Waals surface area contributed by atoms with Gasteiger partial charge in [-0.1, -0.05) is 23.8 Å². The lowest BCUT2D eigenvalue weighted by Crippen LogP contribution is -2.20. The molecule has 1 aromatic rings. The van der Waals surface area contributed by atoms with Crippen molar-refractivity contribution >= 4 is 5.84 Å². The minimum Gasteiger partial charge on any atom is -0.383 e. The lowest BCUT2D eigenvalue weighted by Gasteiger charge is -2.13. The van der Waals surface area contributed by atoms with Crippen molar-refractivity contribution in [2.24, 2.45) is 10.7 Å². The highest BCUT2D eigenvalue weighted by atomic mass is 14.9. The molecule has 0 saturated heterocycles. The van der Waals surface area contributed by atoms with Crippen LogP contribution >= 0.6 is 0 Å². The van der Waals surface area contributed by atoms with Crippen molar-refractivity contribution in [1.29, 1.82) is 0 Å². The maximum Gasteiger partial charge on any atom is 0.125 e. The molecule has 0 saturated carbocycles. The molecule has 0 spiro atoms. The van der Waals surface area contributed by atoms with Crippen molar-refractivity contribution in [2.75, 3.05) is 6.54 Å². The van der Waals surface area contributed by atoms with E-state index in [0.29, 0.717) is 5.84 Å². The molecule has 12 heavy (non-hydrogen) atoms. The van der Waals surface area contributed by atoms with Crippen LogP contribution in [0.5, 0.6) is 0 Å². The molecule has 1 aliphatic rings. The molecule has 2 nitrogen and oxygen atoms in total. The highest BCUT2D eigenvalue weighted by Crippen LogP contribution is 2.15. The summed E-state index contributed by atoms with van der Waals surface area (Å²) < 4.78 is 0. The predicted octanol–water partition coefficient (Wildman–Crippen LogP) is 1.26. The summed E-state index contributed by atoms with van der Waals surface area (Å²) >= 11 is 0. The summed E-state index contributed by atoms with van der Waals surface area (Å²) in [4.78, 5) is 4.20. The number of nitrogens with zero attached hydrogens (tertiary/aromatic N) is 1. The second-order valence-corrected chi connectivity index (χ2v) is 3.18. The number of aryl methyl sites for hydroxylation is 1. The normalized spacial score (nSPS) is 15.2. The molecule has 62 valence electrons. The minimum atomic E-state index is 0.691. The Morgan fingerprint density at radius 1 is 1.42 bits per heavy atom. The molecule has 2 heteroatoms. The van der Waals surface area contributed by atoms with E-state index in [1.807, 2.05) is 0 Å². The van der Waals surface area contributed by atoms with Crippen LogP contribution in [-0.2, 0) is 6.42 Å². The fraction of sp³-hybridized carbons (Fsp3) is 0.300. The Bertz CT molecular complexity index is 340. The standard InChI is InChI=1S/C10H12N2/c1-7-2-3-9-8(6-7)4-5-12-10(9)11/h2-3,6H,4-5H2,1H3,(H2,11,12). The molecular weight excluding hydrogens is 148 g/mol. The number of hydrogen-bond donors (Lipinski definition) is 1. The number of nitrogens with two attached hydrogens (primary N) is 1. The minimum absolute atomic E-state index is 0.691. The first kappa shape index (κ1) is 7.35. The van der Waals surface area contributed by atoms with Gasteiger partial charge in [-0.2, -0.15) is 0 Å². The molecule has 0 fully saturated rings. The van der Waals surface area contributed by atoms with Crippen molar-refractivity contribution in [1.82, 2.24) is 0 Å². The van der Waals surface area contributed by atoms with E-state index in [0.717, 1.165) is 18.5 Å². The number of fused-ring (bicyclic) bond motifs is 1. The molecule has 0 atom stereocenters. The molecule has 1 aromatic carbocycles. The summed E-state index contributed by atoms with van der Waals surface area (Å²) in [6, 6.07) is 6.33. The summed E-state index contributed by atoms with van der Waals surface area (Å²) in [5.74, 6) is 0.691. The highest BCUT2D eigenvalue weighted by molar-refractivity contribution is 5.99. The molecule has 0 aliphatic carbocycles. The van der Waals surface area contributed by atoms with Gasteiger partial charge >= 0.3 is 0 Å². The molecule has 0 unspecified atom stereocenters. The molecule has 0 aromatic heterocycles. The van der Waals surface area contributed by atoms with Crippen LogP contribution in [0.3, 0.4) is 0 Å². The average molecular weight is 160 g/mol. The predicted molar refractivity (Wildman–Crippen MR) is 50.5 cm³/mol. The van der Waals surface area contributed by atoms with Crippen LogP contribution in [0.15, 0.2) is 23.2 Å². The van der Waals surface area contributed by atoms with Gasteiger partial charge in [0.15, 0.2) is 0 Å². The van der Waals surface area contributed by atoms with Gasteiger partial charge in [-0.05, 0) is 18.9 Å². The van der Waals surface area contributed by atoms with Crippen LogP contribution in [0.2, 0.25) is 0 Å². The molecule has 0 bridgehead atoms. The van der Waals surface area contributed by atoms with Crippen LogP contribution in [-0.4, -0.2) is 12.4 Å². The number of benzene rings is 1. The van der Waals surface area contributed by atoms with Crippen LogP contribution < -0.4 is 5.73 Å². The van der Waals surface area contributed by atoms with Crippen molar-refractivity contribution < 1.29 is 0 Å². The Balaban J connectivity index is 2.56. The molecule has 0 radical (unpaired) electrons. The van der Waals surface area contributed by atoms with Gasteiger partial charge in [-0.15, -0.1) is 0 Å². The quantitative estimate of drug-likeness (QED) is 0.609. The first-order valence-electron chi connectivity index (χ1n) is 4.17. The maximum atomic E-state index is 5.75. The third kappa shape index (κ3) is 1.09. The fourth-order valence-electron chi connectivity index (χ4n) is 1.56. The van der Waals surface area contributed by atoms with Gasteiger partial charge in [-0.3, -0.25) is 4.99 Å². The van der Waals surface area contributed by atoms with Crippen molar-refractivity contribution in [3.63, 3.8) is 0 Å². The Morgan fingerprint density at radius 3 is 3.08 bits per heavy atom. The van der Waals surface area contributed by atoms with E-state index >= 15 is 0 Å². The van der Waals surface area contributed by atoms with E-state index in [9.17, 15) is 0 Å². The first-order valence-corrected chi connectivity index (χ1v) is 4.17. The third-order valence-electron chi connectivity index (χ3n) is 2.20. The van der Waals surface area contributed by atoms with E-state index in [1.54, 1.807) is 0 Å². The smallest absolute Gasteiger partial charge is 0.125 e. The van der Waals surface area contributed by atoms with Crippen molar-refractivity contribution in [3.05, 3.63) is 34.9 Å².